The average molecular weight is 309 g/mol. The van der Waals surface area contributed by atoms with Crippen molar-refractivity contribution < 1.29 is 9.59 Å². The van der Waals surface area contributed by atoms with E-state index in [1.54, 1.807) is 11.3 Å². The van der Waals surface area contributed by atoms with Crippen molar-refractivity contribution in [1.29, 1.82) is 0 Å². The van der Waals surface area contributed by atoms with Gasteiger partial charge in [-0.3, -0.25) is 9.59 Å². The van der Waals surface area contributed by atoms with Gasteiger partial charge in [0.25, 0.3) is 0 Å². The van der Waals surface area contributed by atoms with Gasteiger partial charge in [-0.1, -0.05) is 0 Å². The Morgan fingerprint density at radius 3 is 2.90 bits per heavy atom. The normalized spacial score (nSPS) is 14.7. The van der Waals surface area contributed by atoms with Gasteiger partial charge in [0.1, 0.15) is 0 Å². The lowest BCUT2D eigenvalue weighted by Crippen LogP contribution is -2.49. The molecule has 3 N–H and O–H groups in total. The molecule has 6 heteroatoms. The Hall–Kier alpha value is -1.40. The van der Waals surface area contributed by atoms with Crippen molar-refractivity contribution in [3.8, 4) is 0 Å². The molecular weight excluding hydrogens is 286 g/mol. The predicted molar refractivity (Wildman–Crippen MR) is 84.0 cm³/mol. The van der Waals surface area contributed by atoms with Gasteiger partial charge < -0.3 is 16.0 Å². The number of nitrogens with zero attached hydrogens (tertiary/aromatic N) is 1. The molecule has 0 spiro atoms. The first-order valence-electron chi connectivity index (χ1n) is 7.25. The Kier molecular flexibility index (Phi) is 5.00. The van der Waals surface area contributed by atoms with Crippen molar-refractivity contribution >= 4 is 23.2 Å². The van der Waals surface area contributed by atoms with Crippen LogP contribution in [0.5, 0.6) is 0 Å². The molecule has 0 saturated carbocycles. The monoisotopic (exact) mass is 309 g/mol. The van der Waals surface area contributed by atoms with Crippen LogP contribution in [0.15, 0.2) is 11.4 Å². The van der Waals surface area contributed by atoms with Gasteiger partial charge in [-0.25, -0.2) is 0 Å². The van der Waals surface area contributed by atoms with Gasteiger partial charge in [0.15, 0.2) is 0 Å². The molecule has 0 atom stereocenters. The summed E-state index contributed by atoms with van der Waals surface area (Å²) in [7, 11) is 0. The number of carbonyl (C=O) groups excluding carboxylic acids is 2. The van der Waals surface area contributed by atoms with Crippen molar-refractivity contribution in [3.05, 3.63) is 21.9 Å². The van der Waals surface area contributed by atoms with Crippen LogP contribution in [-0.4, -0.2) is 35.3 Å². The predicted octanol–water partition coefficient (Wildman–Crippen LogP) is 1.27. The highest BCUT2D eigenvalue weighted by molar-refractivity contribution is 7.10. The van der Waals surface area contributed by atoms with E-state index in [1.807, 2.05) is 18.7 Å². The summed E-state index contributed by atoms with van der Waals surface area (Å²) >= 11 is 1.75. The van der Waals surface area contributed by atoms with Crippen LogP contribution in [0.3, 0.4) is 0 Å². The number of hydrogen-bond donors (Lipinski definition) is 2. The zero-order chi connectivity index (χ0) is 15.5. The first-order valence-corrected chi connectivity index (χ1v) is 8.13. The lowest BCUT2D eigenvalue weighted by Gasteiger charge is -2.27. The highest BCUT2D eigenvalue weighted by Gasteiger charge is 2.23. The van der Waals surface area contributed by atoms with Crippen molar-refractivity contribution in [3.63, 3.8) is 0 Å². The van der Waals surface area contributed by atoms with Crippen molar-refractivity contribution in [2.24, 2.45) is 5.73 Å². The molecule has 0 bridgehead atoms. The molecule has 21 heavy (non-hydrogen) atoms. The van der Waals surface area contributed by atoms with Crippen molar-refractivity contribution in [2.75, 3.05) is 13.1 Å². The van der Waals surface area contributed by atoms with Crippen LogP contribution >= 0.6 is 11.3 Å². The molecule has 5 nitrogen and oxygen atoms in total. The maximum absolute atomic E-state index is 12.2. The fourth-order valence-corrected chi connectivity index (χ4v) is 3.22. The standard InChI is InChI=1S/C15H23N3O2S/c1-15(2,10-16)17-13(19)3-4-14(20)18-7-5-12-11(9-18)6-8-21-12/h6,8H,3-5,7,9-10,16H2,1-2H3,(H,17,19). The topological polar surface area (TPSA) is 75.4 Å². The molecule has 1 aromatic heterocycles. The van der Waals surface area contributed by atoms with Gasteiger partial charge >= 0.3 is 0 Å². The zero-order valence-corrected chi connectivity index (χ0v) is 13.5. The first kappa shape index (κ1) is 16.0. The minimum absolute atomic E-state index is 0.0487. The third-order valence-corrected chi connectivity index (χ3v) is 4.74. The van der Waals surface area contributed by atoms with Crippen LogP contribution in [0, 0.1) is 0 Å². The van der Waals surface area contributed by atoms with E-state index in [9.17, 15) is 9.59 Å². The molecule has 2 rings (SSSR count). The molecule has 1 aromatic rings. The molecule has 1 aliphatic heterocycles. The molecule has 1 aliphatic rings. The van der Waals surface area contributed by atoms with Crippen LogP contribution in [-0.2, 0) is 22.6 Å². The molecule has 0 saturated heterocycles. The molecule has 0 radical (unpaired) electrons. The molecule has 116 valence electrons. The lowest BCUT2D eigenvalue weighted by atomic mass is 10.1. The van der Waals surface area contributed by atoms with Gasteiger partial charge in [-0.2, -0.15) is 0 Å². The Morgan fingerprint density at radius 1 is 1.43 bits per heavy atom. The summed E-state index contributed by atoms with van der Waals surface area (Å²) in [5.41, 5.74) is 6.40. The maximum atomic E-state index is 12.2. The van der Waals surface area contributed by atoms with E-state index in [2.05, 4.69) is 16.8 Å². The zero-order valence-electron chi connectivity index (χ0n) is 12.6. The van der Waals surface area contributed by atoms with E-state index in [1.165, 1.54) is 10.4 Å². The van der Waals surface area contributed by atoms with Crippen LogP contribution in [0.2, 0.25) is 0 Å². The number of carbonyl (C=O) groups is 2. The first-order chi connectivity index (χ1) is 9.91. The SMILES string of the molecule is CC(C)(CN)NC(=O)CCC(=O)N1CCc2sccc2C1. The Labute approximate surface area is 129 Å². The highest BCUT2D eigenvalue weighted by Crippen LogP contribution is 2.24. The summed E-state index contributed by atoms with van der Waals surface area (Å²) in [4.78, 5) is 27.2. The number of nitrogens with one attached hydrogen (secondary N) is 1. The third-order valence-electron chi connectivity index (χ3n) is 3.71. The Morgan fingerprint density at radius 2 is 2.19 bits per heavy atom. The van der Waals surface area contributed by atoms with Crippen LogP contribution in [0.4, 0.5) is 0 Å². The number of nitrogens with two attached hydrogens (primary N) is 1. The molecule has 2 heterocycles. The molecule has 0 unspecified atom stereocenters. The lowest BCUT2D eigenvalue weighted by molar-refractivity contribution is -0.134. The minimum Gasteiger partial charge on any atom is -0.350 e. The largest absolute Gasteiger partial charge is 0.350 e. The fraction of sp³-hybridized carbons (Fsp3) is 0.600. The molecule has 2 amide bonds. The van der Waals surface area contributed by atoms with Gasteiger partial charge in [-0.15, -0.1) is 11.3 Å². The minimum atomic E-state index is -0.420. The van der Waals surface area contributed by atoms with Crippen LogP contribution in [0.1, 0.15) is 37.1 Å². The van der Waals surface area contributed by atoms with Gasteiger partial charge in [0.05, 0.1) is 0 Å². The molecule has 0 aromatic carbocycles. The number of amides is 2. The van der Waals surface area contributed by atoms with E-state index in [0.29, 0.717) is 13.1 Å². The molecule has 0 aliphatic carbocycles. The second kappa shape index (κ2) is 6.58. The van der Waals surface area contributed by atoms with E-state index < -0.39 is 5.54 Å². The van der Waals surface area contributed by atoms with E-state index in [0.717, 1.165) is 13.0 Å². The van der Waals surface area contributed by atoms with Gasteiger partial charge in [0, 0.05) is 42.9 Å². The van der Waals surface area contributed by atoms with E-state index in [-0.39, 0.29) is 24.7 Å². The summed E-state index contributed by atoms with van der Waals surface area (Å²) < 4.78 is 0. The number of rotatable bonds is 5. The van der Waals surface area contributed by atoms with Gasteiger partial charge in [-0.05, 0) is 37.3 Å². The van der Waals surface area contributed by atoms with Crippen molar-refractivity contribution in [2.45, 2.75) is 45.2 Å². The second-order valence-corrected chi connectivity index (χ2v) is 7.07. The fourth-order valence-electron chi connectivity index (χ4n) is 2.33. The van der Waals surface area contributed by atoms with E-state index in [4.69, 9.17) is 5.73 Å². The Bertz CT molecular complexity index is 525. The quantitative estimate of drug-likeness (QED) is 0.860. The van der Waals surface area contributed by atoms with Crippen LogP contribution < -0.4 is 11.1 Å². The number of fused-ring (bicyclic) bond motifs is 1. The summed E-state index contributed by atoms with van der Waals surface area (Å²) in [6, 6.07) is 2.08. The summed E-state index contributed by atoms with van der Waals surface area (Å²) in [5.74, 6) is -0.0698. The highest BCUT2D eigenvalue weighted by atomic mass is 32.1. The number of hydrogen-bond acceptors (Lipinski definition) is 4. The summed E-state index contributed by atoms with van der Waals surface area (Å²) in [6.07, 6.45) is 1.40. The number of thiophene rings is 1. The Balaban J connectivity index is 1.79. The molecule has 0 fully saturated rings. The van der Waals surface area contributed by atoms with Gasteiger partial charge in [0.2, 0.25) is 11.8 Å². The van der Waals surface area contributed by atoms with E-state index >= 15 is 0 Å². The smallest absolute Gasteiger partial charge is 0.223 e. The summed E-state index contributed by atoms with van der Waals surface area (Å²) in [5, 5.41) is 4.91. The maximum Gasteiger partial charge on any atom is 0.223 e. The van der Waals surface area contributed by atoms with Crippen LogP contribution in [0.25, 0.3) is 0 Å². The second-order valence-electron chi connectivity index (χ2n) is 6.07. The average Bonchev–Trinajstić information content (AvgIpc) is 2.91. The molecular formula is C15H23N3O2S. The summed E-state index contributed by atoms with van der Waals surface area (Å²) in [6.45, 7) is 5.54. The van der Waals surface area contributed by atoms with Crippen molar-refractivity contribution in [1.82, 2.24) is 10.2 Å². The third kappa shape index (κ3) is 4.28.